The largest absolute Gasteiger partial charge is 0.430 e. The third-order valence-electron chi connectivity index (χ3n) is 5.79. The number of carbonyl (C=O) groups excluding carboxylic acids is 1. The number of rotatable bonds is 5. The number of halogens is 3. The highest BCUT2D eigenvalue weighted by molar-refractivity contribution is 7.13. The number of thiazole rings is 1. The lowest BCUT2D eigenvalue weighted by molar-refractivity contribution is -0.255. The van der Waals surface area contributed by atoms with Crippen molar-refractivity contribution in [3.8, 4) is 11.3 Å². The lowest BCUT2D eigenvalue weighted by Crippen LogP contribution is -2.52. The lowest BCUT2D eigenvalue weighted by atomic mass is 9.89. The van der Waals surface area contributed by atoms with Crippen LogP contribution in [0.1, 0.15) is 11.1 Å². The zero-order valence-corrected chi connectivity index (χ0v) is 18.9. The first-order valence-electron chi connectivity index (χ1n) is 10.2. The van der Waals surface area contributed by atoms with Gasteiger partial charge in [0, 0.05) is 37.3 Å². The van der Waals surface area contributed by atoms with E-state index in [4.69, 9.17) is 11.5 Å². The SMILES string of the molecule is Cc1ccc(C(O)(C(N)=O)C(F)(F)F)cc1-c1cnc(N)c(N2CCN(c3cncs3)CC2)n1. The van der Waals surface area contributed by atoms with Crippen molar-refractivity contribution in [3.63, 3.8) is 0 Å². The molecule has 0 saturated carbocycles. The molecule has 4 rings (SSSR count). The summed E-state index contributed by atoms with van der Waals surface area (Å²) >= 11 is 1.55. The van der Waals surface area contributed by atoms with Gasteiger partial charge in [-0.15, -0.1) is 11.3 Å². The maximum Gasteiger partial charge on any atom is 0.430 e. The summed E-state index contributed by atoms with van der Waals surface area (Å²) in [5.74, 6) is -1.32. The molecule has 34 heavy (non-hydrogen) atoms. The molecule has 13 heteroatoms. The Balaban J connectivity index is 1.67. The Kier molecular flexibility index (Phi) is 6.08. The zero-order valence-electron chi connectivity index (χ0n) is 18.1. The summed E-state index contributed by atoms with van der Waals surface area (Å²) in [4.78, 5) is 28.6. The van der Waals surface area contributed by atoms with Crippen LogP contribution in [0.5, 0.6) is 0 Å². The van der Waals surface area contributed by atoms with E-state index in [1.807, 2.05) is 4.90 Å². The van der Waals surface area contributed by atoms with Crippen molar-refractivity contribution >= 4 is 33.9 Å². The molecule has 1 amide bonds. The summed E-state index contributed by atoms with van der Waals surface area (Å²) in [6, 6.07) is 3.43. The van der Waals surface area contributed by atoms with Gasteiger partial charge in [0.2, 0.25) is 0 Å². The molecule has 3 aromatic rings. The summed E-state index contributed by atoms with van der Waals surface area (Å²) in [7, 11) is 0. The fourth-order valence-corrected chi connectivity index (χ4v) is 4.51. The van der Waals surface area contributed by atoms with Gasteiger partial charge in [0.25, 0.3) is 11.5 Å². The van der Waals surface area contributed by atoms with E-state index in [-0.39, 0.29) is 17.1 Å². The number of piperazine rings is 1. The molecular weight excluding hydrogens is 471 g/mol. The molecule has 5 N–H and O–H groups in total. The van der Waals surface area contributed by atoms with Crippen molar-refractivity contribution in [3.05, 3.63) is 47.2 Å². The van der Waals surface area contributed by atoms with Crippen LogP contribution in [-0.4, -0.2) is 58.3 Å². The zero-order chi connectivity index (χ0) is 24.7. The van der Waals surface area contributed by atoms with Gasteiger partial charge in [-0.2, -0.15) is 13.2 Å². The molecular formula is C21H22F3N7O2S. The fraction of sp³-hybridized carbons (Fsp3) is 0.333. The monoisotopic (exact) mass is 493 g/mol. The van der Waals surface area contributed by atoms with Gasteiger partial charge in [-0.3, -0.25) is 9.78 Å². The van der Waals surface area contributed by atoms with Crippen molar-refractivity contribution in [2.24, 2.45) is 5.73 Å². The molecule has 0 bridgehead atoms. The second-order valence-corrected chi connectivity index (χ2v) is 8.74. The molecule has 9 nitrogen and oxygen atoms in total. The molecule has 0 radical (unpaired) electrons. The number of hydrogen-bond acceptors (Lipinski definition) is 9. The summed E-state index contributed by atoms with van der Waals surface area (Å²) in [6.45, 7) is 4.30. The van der Waals surface area contributed by atoms with Crippen LogP contribution < -0.4 is 21.3 Å². The third kappa shape index (κ3) is 4.12. The van der Waals surface area contributed by atoms with Gasteiger partial charge >= 0.3 is 6.18 Å². The molecule has 0 spiro atoms. The van der Waals surface area contributed by atoms with Crippen LogP contribution in [0.4, 0.5) is 29.8 Å². The van der Waals surface area contributed by atoms with E-state index in [0.29, 0.717) is 37.6 Å². The number of amides is 1. The number of nitrogens with two attached hydrogens (primary N) is 2. The summed E-state index contributed by atoms with van der Waals surface area (Å²) in [5, 5.41) is 11.3. The standard InChI is InChI=1S/C21H22F3N7O2S/c1-12-2-3-13(20(33,19(26)32)21(22,23)24)8-14(12)15-9-28-17(25)18(29-15)31-6-4-30(5-7-31)16-10-27-11-34-16/h2-3,8-11,33H,4-7H2,1H3,(H2,25,28)(H2,26,32). The van der Waals surface area contributed by atoms with E-state index in [2.05, 4.69) is 19.9 Å². The van der Waals surface area contributed by atoms with E-state index >= 15 is 0 Å². The minimum absolute atomic E-state index is 0.188. The number of primary amides is 1. The summed E-state index contributed by atoms with van der Waals surface area (Å²) in [6.07, 6.45) is -2.16. The molecule has 1 unspecified atom stereocenters. The topological polar surface area (TPSA) is 134 Å². The van der Waals surface area contributed by atoms with E-state index < -0.39 is 23.2 Å². The molecule has 1 saturated heterocycles. The van der Waals surface area contributed by atoms with Crippen LogP contribution in [0.3, 0.4) is 0 Å². The second-order valence-electron chi connectivity index (χ2n) is 7.88. The van der Waals surface area contributed by atoms with E-state index in [1.165, 1.54) is 12.3 Å². The van der Waals surface area contributed by atoms with Gasteiger partial charge in [0.15, 0.2) is 11.6 Å². The number of benzene rings is 1. The number of nitrogen functional groups attached to an aromatic ring is 1. The molecule has 3 heterocycles. The Morgan fingerprint density at radius 2 is 1.82 bits per heavy atom. The quantitative estimate of drug-likeness (QED) is 0.492. The molecule has 1 aliphatic rings. The number of hydrogen-bond donors (Lipinski definition) is 3. The highest BCUT2D eigenvalue weighted by Gasteiger charge is 2.60. The first-order chi connectivity index (χ1) is 16.0. The third-order valence-corrected chi connectivity index (χ3v) is 6.62. The maximum atomic E-state index is 13.6. The van der Waals surface area contributed by atoms with Crippen LogP contribution in [-0.2, 0) is 10.4 Å². The molecule has 0 aliphatic carbocycles. The first kappa shape index (κ1) is 23.7. The number of alkyl halides is 3. The van der Waals surface area contributed by atoms with Crippen LogP contribution in [0, 0.1) is 6.92 Å². The average molecular weight is 494 g/mol. The predicted octanol–water partition coefficient (Wildman–Crippen LogP) is 2.05. The molecule has 1 atom stereocenters. The molecule has 180 valence electrons. The highest BCUT2D eigenvalue weighted by atomic mass is 32.1. The molecule has 1 aromatic carbocycles. The highest BCUT2D eigenvalue weighted by Crippen LogP contribution is 2.40. The first-order valence-corrected chi connectivity index (χ1v) is 11.1. The minimum atomic E-state index is -5.30. The van der Waals surface area contributed by atoms with Gasteiger partial charge in [-0.25, -0.2) is 9.97 Å². The second kappa shape index (κ2) is 8.72. The van der Waals surface area contributed by atoms with Gasteiger partial charge < -0.3 is 26.4 Å². The van der Waals surface area contributed by atoms with E-state index in [9.17, 15) is 23.1 Å². The van der Waals surface area contributed by atoms with Gasteiger partial charge in [0.05, 0.1) is 23.6 Å². The van der Waals surface area contributed by atoms with Crippen molar-refractivity contribution in [1.82, 2.24) is 15.0 Å². The number of anilines is 3. The smallest absolute Gasteiger partial charge is 0.381 e. The Bertz CT molecular complexity index is 1200. The van der Waals surface area contributed by atoms with Crippen LogP contribution in [0.2, 0.25) is 0 Å². The Morgan fingerprint density at radius 1 is 1.15 bits per heavy atom. The Morgan fingerprint density at radius 3 is 2.41 bits per heavy atom. The molecule has 1 aliphatic heterocycles. The predicted molar refractivity (Wildman–Crippen MR) is 122 cm³/mol. The lowest BCUT2D eigenvalue weighted by Gasteiger charge is -2.36. The summed E-state index contributed by atoms with van der Waals surface area (Å²) in [5.41, 5.74) is 9.32. The van der Waals surface area contributed by atoms with Crippen molar-refractivity contribution in [1.29, 1.82) is 0 Å². The average Bonchev–Trinajstić information content (AvgIpc) is 3.34. The molecule has 2 aromatic heterocycles. The van der Waals surface area contributed by atoms with Gasteiger partial charge in [-0.05, 0) is 18.6 Å². The van der Waals surface area contributed by atoms with Crippen molar-refractivity contribution < 1.29 is 23.1 Å². The Hall–Kier alpha value is -3.45. The van der Waals surface area contributed by atoms with Crippen molar-refractivity contribution in [2.75, 3.05) is 41.7 Å². The number of aryl methyl sites for hydroxylation is 1. The van der Waals surface area contributed by atoms with Crippen molar-refractivity contribution in [2.45, 2.75) is 18.7 Å². The number of aliphatic hydroxyl groups is 1. The number of carbonyl (C=O) groups is 1. The normalized spacial score (nSPS) is 16.4. The fourth-order valence-electron chi connectivity index (χ4n) is 3.82. The maximum absolute atomic E-state index is 13.6. The minimum Gasteiger partial charge on any atom is -0.381 e. The van der Waals surface area contributed by atoms with Crippen LogP contribution in [0.25, 0.3) is 11.3 Å². The number of aromatic nitrogens is 3. The van der Waals surface area contributed by atoms with Crippen LogP contribution >= 0.6 is 11.3 Å². The summed E-state index contributed by atoms with van der Waals surface area (Å²) < 4.78 is 40.7. The van der Waals surface area contributed by atoms with E-state index in [0.717, 1.165) is 17.1 Å². The van der Waals surface area contributed by atoms with Gasteiger partial charge in [-0.1, -0.05) is 12.1 Å². The molecule has 1 fully saturated rings. The Labute approximate surface area is 196 Å². The number of nitrogens with zero attached hydrogens (tertiary/aromatic N) is 5. The van der Waals surface area contributed by atoms with Crippen LogP contribution in [0.15, 0.2) is 36.1 Å². The van der Waals surface area contributed by atoms with E-state index in [1.54, 1.807) is 30.0 Å². The van der Waals surface area contributed by atoms with Gasteiger partial charge in [0.1, 0.15) is 5.00 Å².